The van der Waals surface area contributed by atoms with E-state index >= 15 is 0 Å². The molecule has 1 heterocycles. The van der Waals surface area contributed by atoms with E-state index in [1.165, 1.54) is 18.1 Å². The Labute approximate surface area is 148 Å². The van der Waals surface area contributed by atoms with Gasteiger partial charge in [-0.1, -0.05) is 15.9 Å². The molecule has 1 fully saturated rings. The Hall–Kier alpha value is -0.210. The predicted octanol–water partition coefficient (Wildman–Crippen LogP) is 3.81. The van der Waals surface area contributed by atoms with Crippen LogP contribution in [0.2, 0.25) is 0 Å². The van der Waals surface area contributed by atoms with Gasteiger partial charge >= 0.3 is 6.18 Å². The number of rotatable bonds is 3. The highest BCUT2D eigenvalue weighted by Gasteiger charge is 2.45. The molecule has 1 aromatic carbocycles. The van der Waals surface area contributed by atoms with Crippen LogP contribution in [0.5, 0.6) is 5.75 Å². The summed E-state index contributed by atoms with van der Waals surface area (Å²) in [5.74, 6) is 0.424. The van der Waals surface area contributed by atoms with E-state index in [2.05, 4.69) is 21.2 Å². The van der Waals surface area contributed by atoms with Crippen molar-refractivity contribution in [2.45, 2.75) is 12.2 Å². The molecular weight excluding hydrogens is 408 g/mol. The van der Waals surface area contributed by atoms with Gasteiger partial charge in [0.05, 0.1) is 7.11 Å². The molecule has 0 aliphatic carbocycles. The lowest BCUT2D eigenvalue weighted by Gasteiger charge is -2.36. The summed E-state index contributed by atoms with van der Waals surface area (Å²) >= 11 is 3.22. The number of ether oxygens (including phenoxy) is 1. The Morgan fingerprint density at radius 1 is 1.23 bits per heavy atom. The van der Waals surface area contributed by atoms with Crippen molar-refractivity contribution in [1.29, 1.82) is 0 Å². The van der Waals surface area contributed by atoms with Crippen LogP contribution in [0.25, 0.3) is 0 Å². The number of nitrogens with zero attached hydrogens (tertiary/aromatic N) is 1. The molecular formula is C13H18BrCl2F3N2O. The van der Waals surface area contributed by atoms with E-state index in [4.69, 9.17) is 4.74 Å². The zero-order valence-electron chi connectivity index (χ0n) is 11.8. The molecule has 22 heavy (non-hydrogen) atoms. The number of nitrogens with one attached hydrogen (secondary N) is 1. The summed E-state index contributed by atoms with van der Waals surface area (Å²) < 4.78 is 45.9. The average Bonchev–Trinajstić information content (AvgIpc) is 2.41. The van der Waals surface area contributed by atoms with E-state index in [0.717, 1.165) is 0 Å². The van der Waals surface area contributed by atoms with Crippen LogP contribution in [0.1, 0.15) is 11.6 Å². The minimum atomic E-state index is -4.33. The third-order valence-corrected chi connectivity index (χ3v) is 4.05. The largest absolute Gasteiger partial charge is 0.497 e. The SMILES string of the molecule is COc1ccc(Br)c([C@@H](N2CCNCC2)C(F)(F)F)c1.Cl.Cl. The molecule has 0 bridgehead atoms. The van der Waals surface area contributed by atoms with Gasteiger partial charge in [0.25, 0.3) is 0 Å². The van der Waals surface area contributed by atoms with Crippen molar-refractivity contribution in [3.05, 3.63) is 28.2 Å². The molecule has 0 amide bonds. The number of alkyl halides is 3. The van der Waals surface area contributed by atoms with Gasteiger partial charge in [-0.05, 0) is 23.8 Å². The van der Waals surface area contributed by atoms with Gasteiger partial charge in [0.1, 0.15) is 11.8 Å². The second kappa shape index (κ2) is 9.17. The first-order valence-electron chi connectivity index (χ1n) is 6.28. The first-order valence-corrected chi connectivity index (χ1v) is 7.07. The zero-order chi connectivity index (χ0) is 14.8. The van der Waals surface area contributed by atoms with Crippen LogP contribution in [0.15, 0.2) is 22.7 Å². The van der Waals surface area contributed by atoms with Gasteiger partial charge in [0.15, 0.2) is 0 Å². The van der Waals surface area contributed by atoms with Crippen LogP contribution >= 0.6 is 40.7 Å². The minimum Gasteiger partial charge on any atom is -0.497 e. The van der Waals surface area contributed by atoms with Crippen molar-refractivity contribution in [3.8, 4) is 5.75 Å². The molecule has 128 valence electrons. The van der Waals surface area contributed by atoms with Crippen molar-refractivity contribution < 1.29 is 17.9 Å². The van der Waals surface area contributed by atoms with Crippen LogP contribution in [-0.4, -0.2) is 44.4 Å². The number of benzene rings is 1. The molecule has 0 radical (unpaired) electrons. The van der Waals surface area contributed by atoms with E-state index in [1.54, 1.807) is 12.1 Å². The molecule has 1 aliphatic heterocycles. The van der Waals surface area contributed by atoms with Crippen molar-refractivity contribution in [1.82, 2.24) is 10.2 Å². The van der Waals surface area contributed by atoms with Crippen LogP contribution in [0.4, 0.5) is 13.2 Å². The van der Waals surface area contributed by atoms with E-state index in [-0.39, 0.29) is 30.4 Å². The zero-order valence-corrected chi connectivity index (χ0v) is 15.0. The van der Waals surface area contributed by atoms with Crippen LogP contribution in [0.3, 0.4) is 0 Å². The highest BCUT2D eigenvalue weighted by Crippen LogP contribution is 2.41. The summed E-state index contributed by atoms with van der Waals surface area (Å²) in [6.45, 7) is 1.87. The Kier molecular flexibility index (Phi) is 9.09. The summed E-state index contributed by atoms with van der Waals surface area (Å²) in [5.41, 5.74) is 0.193. The van der Waals surface area contributed by atoms with Crippen molar-refractivity contribution >= 4 is 40.7 Å². The standard InChI is InChI=1S/C13H16BrF3N2O.2ClH/c1-20-9-2-3-11(14)10(8-9)12(13(15,16)17)19-6-4-18-5-7-19;;/h2-3,8,12,18H,4-7H2,1H3;2*1H/t12-;;/m1../s1. The fourth-order valence-electron chi connectivity index (χ4n) is 2.38. The lowest BCUT2D eigenvalue weighted by Crippen LogP contribution is -2.49. The summed E-state index contributed by atoms with van der Waals surface area (Å²) in [7, 11) is 1.44. The van der Waals surface area contributed by atoms with Crippen molar-refractivity contribution in [3.63, 3.8) is 0 Å². The quantitative estimate of drug-likeness (QED) is 0.796. The second-order valence-electron chi connectivity index (χ2n) is 4.62. The molecule has 0 saturated carbocycles. The Morgan fingerprint density at radius 2 is 1.82 bits per heavy atom. The number of piperazine rings is 1. The predicted molar refractivity (Wildman–Crippen MR) is 88.4 cm³/mol. The van der Waals surface area contributed by atoms with Crippen molar-refractivity contribution in [2.75, 3.05) is 33.3 Å². The van der Waals surface area contributed by atoms with Crippen LogP contribution in [-0.2, 0) is 0 Å². The Morgan fingerprint density at radius 3 is 2.32 bits per heavy atom. The van der Waals surface area contributed by atoms with E-state index in [9.17, 15) is 13.2 Å². The van der Waals surface area contributed by atoms with Gasteiger partial charge in [0.2, 0.25) is 0 Å². The van der Waals surface area contributed by atoms with Gasteiger partial charge in [-0.3, -0.25) is 4.90 Å². The van der Waals surface area contributed by atoms with E-state index in [1.807, 2.05) is 0 Å². The highest BCUT2D eigenvalue weighted by molar-refractivity contribution is 9.10. The highest BCUT2D eigenvalue weighted by atomic mass is 79.9. The van der Waals surface area contributed by atoms with Gasteiger partial charge < -0.3 is 10.1 Å². The van der Waals surface area contributed by atoms with Crippen LogP contribution < -0.4 is 10.1 Å². The first-order chi connectivity index (χ1) is 9.43. The molecule has 1 N–H and O–H groups in total. The summed E-state index contributed by atoms with van der Waals surface area (Å²) in [5, 5.41) is 3.06. The molecule has 3 nitrogen and oxygen atoms in total. The molecule has 1 saturated heterocycles. The van der Waals surface area contributed by atoms with Crippen LogP contribution in [0, 0.1) is 0 Å². The van der Waals surface area contributed by atoms with Gasteiger partial charge in [-0.15, -0.1) is 24.8 Å². The number of hydrogen-bond acceptors (Lipinski definition) is 3. The third-order valence-electron chi connectivity index (χ3n) is 3.32. The molecule has 2 rings (SSSR count). The lowest BCUT2D eigenvalue weighted by atomic mass is 10.0. The van der Waals surface area contributed by atoms with E-state index in [0.29, 0.717) is 36.4 Å². The lowest BCUT2D eigenvalue weighted by molar-refractivity contribution is -0.188. The topological polar surface area (TPSA) is 24.5 Å². The molecule has 1 atom stereocenters. The second-order valence-corrected chi connectivity index (χ2v) is 5.47. The smallest absolute Gasteiger partial charge is 0.408 e. The fourth-order valence-corrected chi connectivity index (χ4v) is 2.84. The number of halogens is 6. The monoisotopic (exact) mass is 424 g/mol. The maximum Gasteiger partial charge on any atom is 0.408 e. The molecule has 1 aromatic rings. The van der Waals surface area contributed by atoms with Gasteiger partial charge in [-0.25, -0.2) is 0 Å². The fraction of sp³-hybridized carbons (Fsp3) is 0.538. The Balaban J connectivity index is 0.00000220. The van der Waals surface area contributed by atoms with E-state index < -0.39 is 12.2 Å². The maximum atomic E-state index is 13.5. The molecule has 0 aromatic heterocycles. The van der Waals surface area contributed by atoms with Gasteiger partial charge in [0, 0.05) is 30.7 Å². The minimum absolute atomic E-state index is 0. The summed E-state index contributed by atoms with van der Waals surface area (Å²) in [6, 6.07) is 3.06. The summed E-state index contributed by atoms with van der Waals surface area (Å²) in [4.78, 5) is 1.45. The molecule has 1 aliphatic rings. The molecule has 0 spiro atoms. The maximum absolute atomic E-state index is 13.5. The van der Waals surface area contributed by atoms with Gasteiger partial charge in [-0.2, -0.15) is 13.2 Å². The first kappa shape index (κ1) is 21.8. The van der Waals surface area contributed by atoms with Crippen molar-refractivity contribution in [2.24, 2.45) is 0 Å². The summed E-state index contributed by atoms with van der Waals surface area (Å²) in [6.07, 6.45) is -4.33. The normalized spacial score (nSPS) is 17.1. The average molecular weight is 426 g/mol. The number of methoxy groups -OCH3 is 1. The molecule has 9 heteroatoms. The Bertz CT molecular complexity index is 471. The number of hydrogen-bond donors (Lipinski definition) is 1. The third kappa shape index (κ3) is 5.16. The molecule has 0 unspecified atom stereocenters.